The molecule has 1 N–H and O–H groups in total. The van der Waals surface area contributed by atoms with Crippen LogP contribution in [0.1, 0.15) is 5.56 Å². The monoisotopic (exact) mass is 311 g/mol. The number of piperazine rings is 1. The molecule has 1 aromatic heterocycles. The number of hydrogen-bond acceptors (Lipinski definition) is 5. The average Bonchev–Trinajstić information content (AvgIpc) is 2.63. The molecule has 3 rings (SSSR count). The van der Waals surface area contributed by atoms with Crippen LogP contribution < -0.4 is 10.2 Å². The highest BCUT2D eigenvalue weighted by Crippen LogP contribution is 2.17. The molecule has 2 heterocycles. The largest absolute Gasteiger partial charge is 0.358 e. The number of aromatic nitrogens is 2. The van der Waals surface area contributed by atoms with Crippen molar-refractivity contribution in [3.8, 4) is 0 Å². The summed E-state index contributed by atoms with van der Waals surface area (Å²) < 4.78 is 0. The fraction of sp³-hybridized carbons (Fsp3) is 0.353. The highest BCUT2D eigenvalue weighted by Gasteiger charge is 2.32. The number of nitrogens with one attached hydrogen (secondary N) is 1. The lowest BCUT2D eigenvalue weighted by molar-refractivity contribution is -0.126. The predicted molar refractivity (Wildman–Crippen MR) is 89.0 cm³/mol. The quantitative estimate of drug-likeness (QED) is 0.909. The van der Waals surface area contributed by atoms with Gasteiger partial charge in [-0.25, -0.2) is 9.97 Å². The number of amides is 1. The second kappa shape index (κ2) is 7.19. The average molecular weight is 311 g/mol. The SMILES string of the molecule is CNC(=O)[C@H]1CN(c2ncccn2)CCN1Cc1ccccc1. The zero-order valence-electron chi connectivity index (χ0n) is 13.2. The Labute approximate surface area is 136 Å². The van der Waals surface area contributed by atoms with Crippen molar-refractivity contribution in [2.75, 3.05) is 31.6 Å². The Morgan fingerprint density at radius 3 is 2.61 bits per heavy atom. The molecule has 0 aliphatic carbocycles. The van der Waals surface area contributed by atoms with Crippen LogP contribution >= 0.6 is 0 Å². The van der Waals surface area contributed by atoms with E-state index < -0.39 is 0 Å². The van der Waals surface area contributed by atoms with Crippen LogP contribution in [-0.4, -0.2) is 53.5 Å². The van der Waals surface area contributed by atoms with Crippen molar-refractivity contribution >= 4 is 11.9 Å². The summed E-state index contributed by atoms with van der Waals surface area (Å²) in [4.78, 5) is 25.2. The van der Waals surface area contributed by atoms with Gasteiger partial charge in [0.05, 0.1) is 0 Å². The number of carbonyl (C=O) groups excluding carboxylic acids is 1. The number of anilines is 1. The van der Waals surface area contributed by atoms with E-state index >= 15 is 0 Å². The smallest absolute Gasteiger partial charge is 0.238 e. The molecular formula is C17H21N5O. The van der Waals surface area contributed by atoms with E-state index in [1.165, 1.54) is 5.56 Å². The molecular weight excluding hydrogens is 290 g/mol. The maximum Gasteiger partial charge on any atom is 0.238 e. The lowest BCUT2D eigenvalue weighted by Gasteiger charge is -2.40. The van der Waals surface area contributed by atoms with Crippen molar-refractivity contribution in [2.45, 2.75) is 12.6 Å². The van der Waals surface area contributed by atoms with Crippen molar-refractivity contribution in [2.24, 2.45) is 0 Å². The summed E-state index contributed by atoms with van der Waals surface area (Å²) in [7, 11) is 1.68. The summed E-state index contributed by atoms with van der Waals surface area (Å²) in [6, 6.07) is 11.8. The number of nitrogens with zero attached hydrogens (tertiary/aromatic N) is 4. The number of benzene rings is 1. The topological polar surface area (TPSA) is 61.4 Å². The number of hydrogen-bond donors (Lipinski definition) is 1. The normalized spacial score (nSPS) is 18.7. The summed E-state index contributed by atoms with van der Waals surface area (Å²) in [5.41, 5.74) is 1.21. The second-order valence-electron chi connectivity index (χ2n) is 5.58. The lowest BCUT2D eigenvalue weighted by Crippen LogP contribution is -2.58. The van der Waals surface area contributed by atoms with Gasteiger partial charge in [0.2, 0.25) is 11.9 Å². The van der Waals surface area contributed by atoms with E-state index in [2.05, 4.69) is 37.2 Å². The molecule has 1 saturated heterocycles. The molecule has 1 fully saturated rings. The minimum atomic E-state index is -0.210. The summed E-state index contributed by atoms with van der Waals surface area (Å²) in [5, 5.41) is 2.77. The number of likely N-dealkylation sites (N-methyl/N-ethyl adjacent to an activating group) is 1. The Morgan fingerprint density at radius 1 is 1.17 bits per heavy atom. The molecule has 0 saturated carbocycles. The van der Waals surface area contributed by atoms with Crippen molar-refractivity contribution in [3.63, 3.8) is 0 Å². The summed E-state index contributed by atoms with van der Waals surface area (Å²) in [5.74, 6) is 0.710. The third-order valence-electron chi connectivity index (χ3n) is 4.10. The van der Waals surface area contributed by atoms with Gasteiger partial charge in [0, 0.05) is 45.6 Å². The second-order valence-corrected chi connectivity index (χ2v) is 5.58. The van der Waals surface area contributed by atoms with Gasteiger partial charge in [0.25, 0.3) is 0 Å². The van der Waals surface area contributed by atoms with Crippen LogP contribution in [0, 0.1) is 0 Å². The Morgan fingerprint density at radius 2 is 1.91 bits per heavy atom. The molecule has 1 aliphatic rings. The van der Waals surface area contributed by atoms with Crippen LogP contribution in [-0.2, 0) is 11.3 Å². The Hall–Kier alpha value is -2.47. The molecule has 6 heteroatoms. The summed E-state index contributed by atoms with van der Waals surface area (Å²) in [6.07, 6.45) is 3.46. The van der Waals surface area contributed by atoms with E-state index in [9.17, 15) is 4.79 Å². The van der Waals surface area contributed by atoms with Crippen LogP contribution in [0.4, 0.5) is 5.95 Å². The van der Waals surface area contributed by atoms with E-state index in [0.717, 1.165) is 19.6 Å². The first-order valence-corrected chi connectivity index (χ1v) is 7.79. The van der Waals surface area contributed by atoms with Gasteiger partial charge >= 0.3 is 0 Å². The highest BCUT2D eigenvalue weighted by atomic mass is 16.2. The highest BCUT2D eigenvalue weighted by molar-refractivity contribution is 5.82. The van der Waals surface area contributed by atoms with Crippen LogP contribution in [0.3, 0.4) is 0 Å². The maximum absolute atomic E-state index is 12.3. The molecule has 0 unspecified atom stereocenters. The Bertz CT molecular complexity index is 634. The molecule has 0 bridgehead atoms. The number of carbonyl (C=O) groups is 1. The summed E-state index contributed by atoms with van der Waals surface area (Å²) in [6.45, 7) is 2.97. The van der Waals surface area contributed by atoms with Gasteiger partial charge in [0.15, 0.2) is 0 Å². The minimum absolute atomic E-state index is 0.0292. The third kappa shape index (κ3) is 3.65. The molecule has 1 amide bonds. The third-order valence-corrected chi connectivity index (χ3v) is 4.10. The molecule has 0 radical (unpaired) electrons. The van der Waals surface area contributed by atoms with Crippen LogP contribution in [0.5, 0.6) is 0 Å². The standard InChI is InChI=1S/C17H21N5O/c1-18-16(23)15-13-22(17-19-8-5-9-20-17)11-10-21(15)12-14-6-3-2-4-7-14/h2-9,15H,10-13H2,1H3,(H,18,23)/t15-/m1/s1. The van der Waals surface area contributed by atoms with E-state index in [1.54, 1.807) is 25.5 Å². The minimum Gasteiger partial charge on any atom is -0.358 e. The first kappa shape index (κ1) is 15.4. The zero-order chi connectivity index (χ0) is 16.1. The Kier molecular flexibility index (Phi) is 4.83. The van der Waals surface area contributed by atoms with Crippen molar-refractivity contribution in [3.05, 3.63) is 54.4 Å². The fourth-order valence-electron chi connectivity index (χ4n) is 2.88. The summed E-state index contributed by atoms with van der Waals surface area (Å²) >= 11 is 0. The molecule has 23 heavy (non-hydrogen) atoms. The van der Waals surface area contributed by atoms with Gasteiger partial charge in [-0.05, 0) is 11.6 Å². The van der Waals surface area contributed by atoms with Gasteiger partial charge < -0.3 is 10.2 Å². The molecule has 1 aromatic carbocycles. The molecule has 1 aliphatic heterocycles. The molecule has 6 nitrogen and oxygen atoms in total. The molecule has 1 atom stereocenters. The van der Waals surface area contributed by atoms with Gasteiger partial charge in [-0.3, -0.25) is 9.69 Å². The maximum atomic E-state index is 12.3. The predicted octanol–water partition coefficient (Wildman–Crippen LogP) is 0.913. The molecule has 2 aromatic rings. The van der Waals surface area contributed by atoms with Crippen molar-refractivity contribution in [1.82, 2.24) is 20.2 Å². The van der Waals surface area contributed by atoms with Crippen molar-refractivity contribution < 1.29 is 4.79 Å². The Balaban J connectivity index is 1.75. The van der Waals surface area contributed by atoms with Gasteiger partial charge in [-0.15, -0.1) is 0 Å². The zero-order valence-corrected chi connectivity index (χ0v) is 13.2. The fourth-order valence-corrected chi connectivity index (χ4v) is 2.88. The molecule has 0 spiro atoms. The van der Waals surface area contributed by atoms with Gasteiger partial charge in [0.1, 0.15) is 6.04 Å². The van der Waals surface area contributed by atoms with Crippen LogP contribution in [0.15, 0.2) is 48.8 Å². The van der Waals surface area contributed by atoms with Crippen LogP contribution in [0.25, 0.3) is 0 Å². The van der Waals surface area contributed by atoms with E-state index in [0.29, 0.717) is 12.5 Å². The molecule has 120 valence electrons. The van der Waals surface area contributed by atoms with E-state index in [1.807, 2.05) is 18.2 Å². The van der Waals surface area contributed by atoms with E-state index in [-0.39, 0.29) is 11.9 Å². The van der Waals surface area contributed by atoms with Crippen LogP contribution in [0.2, 0.25) is 0 Å². The lowest BCUT2D eigenvalue weighted by atomic mass is 10.1. The van der Waals surface area contributed by atoms with E-state index in [4.69, 9.17) is 0 Å². The van der Waals surface area contributed by atoms with Gasteiger partial charge in [-0.2, -0.15) is 0 Å². The first-order chi connectivity index (χ1) is 11.3. The van der Waals surface area contributed by atoms with Crippen molar-refractivity contribution in [1.29, 1.82) is 0 Å². The number of rotatable bonds is 4. The van der Waals surface area contributed by atoms with Gasteiger partial charge in [-0.1, -0.05) is 30.3 Å². The first-order valence-electron chi connectivity index (χ1n) is 7.79.